The smallest absolute Gasteiger partial charge is 0.168 e. The van der Waals surface area contributed by atoms with E-state index < -0.39 is 0 Å². The maximum absolute atomic E-state index is 6.64. The van der Waals surface area contributed by atoms with Gasteiger partial charge in [-0.15, -0.1) is 0 Å². The average Bonchev–Trinajstić information content (AvgIpc) is 3.49. The number of fused-ring (bicyclic) bond motifs is 6. The second-order valence-corrected chi connectivity index (χ2v) is 10.9. The SMILES string of the molecule is CC1(C)c2ccccc2-c2c1cc1c(oc3ccccc31)c2-c1nc(-c2ccccc2)nc(-c2ccccc2)n1. The molecule has 4 nitrogen and oxygen atoms in total. The summed E-state index contributed by atoms with van der Waals surface area (Å²) in [4.78, 5) is 15.2. The summed E-state index contributed by atoms with van der Waals surface area (Å²) < 4.78 is 6.64. The Morgan fingerprint density at radius 3 is 1.80 bits per heavy atom. The van der Waals surface area contributed by atoms with Gasteiger partial charge in [-0.25, -0.2) is 15.0 Å². The largest absolute Gasteiger partial charge is 0.455 e. The average molecular weight is 516 g/mol. The molecule has 5 aromatic carbocycles. The van der Waals surface area contributed by atoms with Crippen molar-refractivity contribution in [3.63, 3.8) is 0 Å². The van der Waals surface area contributed by atoms with Crippen molar-refractivity contribution in [2.75, 3.05) is 0 Å². The third-order valence-electron chi connectivity index (χ3n) is 8.14. The number of benzene rings is 5. The molecule has 0 saturated carbocycles. The normalized spacial score (nSPS) is 13.4. The van der Waals surface area contributed by atoms with E-state index in [-0.39, 0.29) is 5.41 Å². The third kappa shape index (κ3) is 3.29. The lowest BCUT2D eigenvalue weighted by atomic mass is 9.81. The first-order valence-electron chi connectivity index (χ1n) is 13.6. The lowest BCUT2D eigenvalue weighted by molar-refractivity contribution is 0.658. The van der Waals surface area contributed by atoms with Crippen LogP contribution in [0.3, 0.4) is 0 Å². The second-order valence-electron chi connectivity index (χ2n) is 10.9. The van der Waals surface area contributed by atoms with Gasteiger partial charge in [0, 0.05) is 32.9 Å². The van der Waals surface area contributed by atoms with Crippen molar-refractivity contribution in [2.45, 2.75) is 19.3 Å². The molecule has 0 unspecified atom stereocenters. The molecule has 0 saturated heterocycles. The van der Waals surface area contributed by atoms with Crippen molar-refractivity contribution in [3.05, 3.63) is 126 Å². The lowest BCUT2D eigenvalue weighted by Crippen LogP contribution is -2.15. The number of rotatable bonds is 3. The van der Waals surface area contributed by atoms with E-state index in [9.17, 15) is 0 Å². The van der Waals surface area contributed by atoms with Crippen molar-refractivity contribution >= 4 is 21.9 Å². The van der Waals surface area contributed by atoms with Gasteiger partial charge in [0.05, 0.1) is 5.56 Å². The second kappa shape index (κ2) is 8.45. The highest BCUT2D eigenvalue weighted by molar-refractivity contribution is 6.14. The Morgan fingerprint density at radius 1 is 0.525 bits per heavy atom. The van der Waals surface area contributed by atoms with Crippen LogP contribution in [0.1, 0.15) is 25.0 Å². The Kier molecular flexibility index (Phi) is 4.83. The zero-order chi connectivity index (χ0) is 26.8. The van der Waals surface area contributed by atoms with Gasteiger partial charge in [0.1, 0.15) is 11.2 Å². The number of para-hydroxylation sites is 1. The van der Waals surface area contributed by atoms with Crippen LogP contribution in [0.2, 0.25) is 0 Å². The van der Waals surface area contributed by atoms with Crippen LogP contribution in [0, 0.1) is 0 Å². The van der Waals surface area contributed by atoms with Crippen LogP contribution in [0.4, 0.5) is 0 Å². The Morgan fingerprint density at radius 2 is 1.10 bits per heavy atom. The Bertz CT molecular complexity index is 2020. The number of nitrogens with zero attached hydrogens (tertiary/aromatic N) is 3. The van der Waals surface area contributed by atoms with Crippen molar-refractivity contribution in [1.29, 1.82) is 0 Å². The predicted octanol–water partition coefficient (Wildman–Crippen LogP) is 9.08. The van der Waals surface area contributed by atoms with Gasteiger partial charge >= 0.3 is 0 Å². The summed E-state index contributed by atoms with van der Waals surface area (Å²) in [5.74, 6) is 1.88. The van der Waals surface area contributed by atoms with Gasteiger partial charge in [0.25, 0.3) is 0 Å². The standard InChI is InChI=1S/C36H25N3O/c1-36(2)27-19-11-9-18-25(27)30-28(36)21-26-24-17-10-12-20-29(24)40-32(26)31(30)35-38-33(22-13-5-3-6-14-22)37-34(39-35)23-15-7-4-8-16-23/h3-21H,1-2H3. The lowest BCUT2D eigenvalue weighted by Gasteiger charge is -2.22. The highest BCUT2D eigenvalue weighted by Crippen LogP contribution is 2.55. The van der Waals surface area contributed by atoms with Crippen LogP contribution in [-0.2, 0) is 5.41 Å². The van der Waals surface area contributed by atoms with Gasteiger partial charge in [0.2, 0.25) is 0 Å². The van der Waals surface area contributed by atoms with E-state index in [1.165, 1.54) is 16.7 Å². The third-order valence-corrected chi connectivity index (χ3v) is 8.14. The minimum atomic E-state index is -0.190. The van der Waals surface area contributed by atoms with Crippen LogP contribution in [0.15, 0.2) is 120 Å². The topological polar surface area (TPSA) is 51.8 Å². The van der Waals surface area contributed by atoms with E-state index in [2.05, 4.69) is 56.3 Å². The molecule has 4 heteroatoms. The monoisotopic (exact) mass is 515 g/mol. The fourth-order valence-corrected chi connectivity index (χ4v) is 6.16. The molecule has 0 N–H and O–H groups in total. The summed E-state index contributed by atoms with van der Waals surface area (Å²) in [6, 6.07) is 39.4. The zero-order valence-corrected chi connectivity index (χ0v) is 22.2. The summed E-state index contributed by atoms with van der Waals surface area (Å²) in [6.07, 6.45) is 0. The molecule has 40 heavy (non-hydrogen) atoms. The predicted molar refractivity (Wildman–Crippen MR) is 161 cm³/mol. The summed E-state index contributed by atoms with van der Waals surface area (Å²) in [7, 11) is 0. The van der Waals surface area contributed by atoms with Gasteiger partial charge in [-0.3, -0.25) is 0 Å². The Hall–Kier alpha value is -5.09. The number of hydrogen-bond donors (Lipinski definition) is 0. The van der Waals surface area contributed by atoms with Crippen molar-refractivity contribution < 1.29 is 4.42 Å². The summed E-state index contributed by atoms with van der Waals surface area (Å²) in [5.41, 5.74) is 9.15. The molecule has 0 aliphatic heterocycles. The van der Waals surface area contributed by atoms with E-state index in [0.29, 0.717) is 17.5 Å². The van der Waals surface area contributed by atoms with E-state index in [1.54, 1.807) is 0 Å². The van der Waals surface area contributed by atoms with E-state index in [0.717, 1.165) is 44.2 Å². The molecule has 7 aromatic rings. The molecule has 1 aliphatic rings. The Balaban J connectivity index is 1.54. The Labute approximate surface area is 232 Å². The van der Waals surface area contributed by atoms with Crippen LogP contribution in [0.25, 0.3) is 67.2 Å². The maximum atomic E-state index is 6.64. The molecule has 190 valence electrons. The molecule has 0 bridgehead atoms. The first-order chi connectivity index (χ1) is 19.6. The molecule has 2 aromatic heterocycles. The maximum Gasteiger partial charge on any atom is 0.168 e. The first-order valence-corrected chi connectivity index (χ1v) is 13.6. The summed E-state index contributed by atoms with van der Waals surface area (Å²) >= 11 is 0. The molecule has 0 fully saturated rings. The van der Waals surface area contributed by atoms with E-state index in [4.69, 9.17) is 19.4 Å². The van der Waals surface area contributed by atoms with Crippen molar-refractivity contribution in [2.24, 2.45) is 0 Å². The molecule has 2 heterocycles. The van der Waals surface area contributed by atoms with Crippen LogP contribution in [0.5, 0.6) is 0 Å². The first kappa shape index (κ1) is 22.9. The van der Waals surface area contributed by atoms with E-state index >= 15 is 0 Å². The molecule has 0 atom stereocenters. The van der Waals surface area contributed by atoms with Crippen LogP contribution in [-0.4, -0.2) is 15.0 Å². The minimum Gasteiger partial charge on any atom is -0.455 e. The van der Waals surface area contributed by atoms with Gasteiger partial charge in [-0.05, 0) is 28.8 Å². The number of furan rings is 1. The summed E-state index contributed by atoms with van der Waals surface area (Å²) in [5, 5.41) is 2.17. The highest BCUT2D eigenvalue weighted by atomic mass is 16.3. The van der Waals surface area contributed by atoms with Crippen molar-refractivity contribution in [1.82, 2.24) is 15.0 Å². The molecular weight excluding hydrogens is 490 g/mol. The van der Waals surface area contributed by atoms with Gasteiger partial charge < -0.3 is 4.42 Å². The van der Waals surface area contributed by atoms with E-state index in [1.807, 2.05) is 72.8 Å². The molecule has 8 rings (SSSR count). The zero-order valence-electron chi connectivity index (χ0n) is 22.2. The molecule has 0 spiro atoms. The van der Waals surface area contributed by atoms with Gasteiger partial charge in [0.15, 0.2) is 17.5 Å². The van der Waals surface area contributed by atoms with Crippen LogP contribution < -0.4 is 0 Å². The van der Waals surface area contributed by atoms with Crippen LogP contribution >= 0.6 is 0 Å². The van der Waals surface area contributed by atoms with Gasteiger partial charge in [-0.2, -0.15) is 0 Å². The van der Waals surface area contributed by atoms with Gasteiger partial charge in [-0.1, -0.05) is 117 Å². The fraction of sp³-hybridized carbons (Fsp3) is 0.0833. The van der Waals surface area contributed by atoms with Crippen molar-refractivity contribution in [3.8, 4) is 45.3 Å². The molecular formula is C36H25N3O. The quantitative estimate of drug-likeness (QED) is 0.235. The number of hydrogen-bond acceptors (Lipinski definition) is 4. The molecule has 0 amide bonds. The number of aromatic nitrogens is 3. The highest BCUT2D eigenvalue weighted by Gasteiger charge is 2.39. The minimum absolute atomic E-state index is 0.190. The molecule has 0 radical (unpaired) electrons. The molecule has 1 aliphatic carbocycles. The fourth-order valence-electron chi connectivity index (χ4n) is 6.16. The summed E-state index contributed by atoms with van der Waals surface area (Å²) in [6.45, 7) is 4.60.